The Bertz CT molecular complexity index is 1270. The van der Waals surface area contributed by atoms with Crippen molar-refractivity contribution >= 4 is 30.3 Å². The average Bonchev–Trinajstić information content (AvgIpc) is 2.87. The topological polar surface area (TPSA) is 43.4 Å². The third-order valence-corrected chi connectivity index (χ3v) is 10.3. The van der Waals surface area contributed by atoms with Crippen LogP contribution in [0, 0.1) is 0 Å². The summed E-state index contributed by atoms with van der Waals surface area (Å²) in [7, 11) is -2.61. The molecule has 0 saturated carbocycles. The van der Waals surface area contributed by atoms with Crippen LogP contribution in [-0.4, -0.2) is 19.9 Å². The molecular formula is C28H22O3Si. The van der Waals surface area contributed by atoms with Crippen molar-refractivity contribution in [2.24, 2.45) is 0 Å². The van der Waals surface area contributed by atoms with Crippen LogP contribution >= 0.6 is 0 Å². The molecule has 4 heteroatoms. The number of hydrogen-bond donors (Lipinski definition) is 0. The van der Waals surface area contributed by atoms with Crippen molar-refractivity contribution in [1.29, 1.82) is 0 Å². The van der Waals surface area contributed by atoms with E-state index in [9.17, 15) is 9.59 Å². The first-order valence-electron chi connectivity index (χ1n) is 10.8. The molecule has 32 heavy (non-hydrogen) atoms. The second-order valence-corrected chi connectivity index (χ2v) is 11.6. The summed E-state index contributed by atoms with van der Waals surface area (Å²) in [4.78, 5) is 26.1. The van der Waals surface area contributed by atoms with Gasteiger partial charge in [-0.15, -0.1) is 0 Å². The minimum Gasteiger partial charge on any atom is -0.535 e. The molecule has 0 bridgehead atoms. The number of benzene rings is 4. The number of fused-ring (bicyclic) bond motifs is 2. The fraction of sp³-hybridized carbons (Fsp3) is 0.0714. The van der Waals surface area contributed by atoms with Gasteiger partial charge >= 0.3 is 8.32 Å². The summed E-state index contributed by atoms with van der Waals surface area (Å²) >= 11 is 0. The van der Waals surface area contributed by atoms with Crippen molar-refractivity contribution in [2.75, 3.05) is 0 Å². The molecule has 5 rings (SSSR count). The smallest absolute Gasteiger partial charge is 0.314 e. The molecule has 0 aromatic heterocycles. The fourth-order valence-electron chi connectivity index (χ4n) is 4.52. The summed E-state index contributed by atoms with van der Waals surface area (Å²) in [5.74, 6) is 0.362. The Labute approximate surface area is 188 Å². The van der Waals surface area contributed by atoms with Gasteiger partial charge in [0, 0.05) is 22.3 Å². The van der Waals surface area contributed by atoms with Crippen LogP contribution in [0.3, 0.4) is 0 Å². The molecule has 0 spiro atoms. The van der Waals surface area contributed by atoms with Gasteiger partial charge in [0.2, 0.25) is 0 Å². The molecule has 0 atom stereocenters. The van der Waals surface area contributed by atoms with Crippen LogP contribution in [0.1, 0.15) is 38.8 Å². The Morgan fingerprint density at radius 3 is 1.59 bits per heavy atom. The molecule has 1 aliphatic carbocycles. The van der Waals surface area contributed by atoms with Crippen molar-refractivity contribution in [3.63, 3.8) is 0 Å². The van der Waals surface area contributed by atoms with Crippen molar-refractivity contribution in [3.05, 3.63) is 125 Å². The summed E-state index contributed by atoms with van der Waals surface area (Å²) in [5.41, 5.74) is 1.76. The highest BCUT2D eigenvalue weighted by atomic mass is 28.4. The number of carbonyl (C=O) groups is 2. The molecule has 0 fully saturated rings. The highest BCUT2D eigenvalue weighted by Gasteiger charge is 2.40. The standard InChI is InChI=1S/C28H22O3Si/c1-2-32(21-11-5-3-6-12-21,22-13-7-4-8-14-22)31-20-17-18-25-26(19-20)28(30)24-16-10-9-15-23(24)27(25)29/h3-19H,2H2,1H3. The molecule has 0 radical (unpaired) electrons. The van der Waals surface area contributed by atoms with Gasteiger partial charge in [-0.2, -0.15) is 0 Å². The predicted octanol–water partition coefficient (Wildman–Crippen LogP) is 4.62. The zero-order chi connectivity index (χ0) is 22.1. The molecule has 0 N–H and O–H groups in total. The van der Waals surface area contributed by atoms with Gasteiger partial charge in [-0.1, -0.05) is 91.9 Å². The summed E-state index contributed by atoms with van der Waals surface area (Å²) < 4.78 is 6.84. The molecule has 0 heterocycles. The van der Waals surface area contributed by atoms with Crippen LogP contribution < -0.4 is 14.8 Å². The Balaban J connectivity index is 1.62. The van der Waals surface area contributed by atoms with E-state index in [1.807, 2.05) is 42.5 Å². The van der Waals surface area contributed by atoms with Crippen molar-refractivity contribution < 1.29 is 14.0 Å². The van der Waals surface area contributed by atoms with Crippen LogP contribution in [0.5, 0.6) is 5.75 Å². The maximum Gasteiger partial charge on any atom is 0.314 e. The highest BCUT2D eigenvalue weighted by Crippen LogP contribution is 2.31. The molecule has 0 amide bonds. The minimum absolute atomic E-state index is 0.119. The SMILES string of the molecule is CC[Si](Oc1ccc2c(c1)C(=O)c1ccccc1C2=O)(c1ccccc1)c1ccccc1. The highest BCUT2D eigenvalue weighted by molar-refractivity contribution is 6.98. The van der Waals surface area contributed by atoms with Gasteiger partial charge in [0.1, 0.15) is 5.75 Å². The van der Waals surface area contributed by atoms with E-state index in [1.165, 1.54) is 10.4 Å². The van der Waals surface area contributed by atoms with Crippen LogP contribution in [0.25, 0.3) is 0 Å². The van der Waals surface area contributed by atoms with E-state index in [1.54, 1.807) is 36.4 Å². The number of ketones is 2. The molecule has 0 unspecified atom stereocenters. The van der Waals surface area contributed by atoms with Crippen LogP contribution in [0.4, 0.5) is 0 Å². The monoisotopic (exact) mass is 434 g/mol. The second kappa shape index (κ2) is 8.06. The van der Waals surface area contributed by atoms with Gasteiger partial charge in [-0.05, 0) is 34.6 Å². The van der Waals surface area contributed by atoms with Gasteiger partial charge in [0.05, 0.1) is 0 Å². The minimum atomic E-state index is -2.61. The Kier molecular flexibility index (Phi) is 5.08. The van der Waals surface area contributed by atoms with E-state index in [0.717, 1.165) is 6.04 Å². The predicted molar refractivity (Wildman–Crippen MR) is 129 cm³/mol. The Morgan fingerprint density at radius 1 is 0.594 bits per heavy atom. The van der Waals surface area contributed by atoms with E-state index in [4.69, 9.17) is 4.43 Å². The number of rotatable bonds is 5. The van der Waals surface area contributed by atoms with Crippen LogP contribution in [-0.2, 0) is 0 Å². The van der Waals surface area contributed by atoms with Crippen molar-refractivity contribution in [1.82, 2.24) is 0 Å². The van der Waals surface area contributed by atoms with Crippen LogP contribution in [0.2, 0.25) is 6.04 Å². The quantitative estimate of drug-likeness (QED) is 0.379. The number of carbonyl (C=O) groups excluding carboxylic acids is 2. The summed E-state index contributed by atoms with van der Waals surface area (Å²) in [6, 6.07) is 33.7. The summed E-state index contributed by atoms with van der Waals surface area (Å²) in [6.07, 6.45) is 0. The normalized spacial score (nSPS) is 12.8. The van der Waals surface area contributed by atoms with Gasteiger partial charge in [-0.3, -0.25) is 9.59 Å². The van der Waals surface area contributed by atoms with Crippen LogP contribution in [0.15, 0.2) is 103 Å². The first kappa shape index (κ1) is 20.2. The molecule has 3 nitrogen and oxygen atoms in total. The lowest BCUT2D eigenvalue weighted by Crippen LogP contribution is -2.62. The Morgan fingerprint density at radius 2 is 1.06 bits per heavy atom. The van der Waals surface area contributed by atoms with Gasteiger partial charge in [0.15, 0.2) is 11.6 Å². The van der Waals surface area contributed by atoms with E-state index < -0.39 is 8.32 Å². The largest absolute Gasteiger partial charge is 0.535 e. The van der Waals surface area contributed by atoms with E-state index in [0.29, 0.717) is 28.0 Å². The molecule has 0 aliphatic heterocycles. The van der Waals surface area contributed by atoms with Gasteiger partial charge < -0.3 is 4.43 Å². The first-order chi connectivity index (χ1) is 15.6. The molecule has 156 valence electrons. The lowest BCUT2D eigenvalue weighted by atomic mass is 9.84. The summed E-state index contributed by atoms with van der Waals surface area (Å²) in [5, 5.41) is 2.33. The Hall–Kier alpha value is -3.76. The maximum absolute atomic E-state index is 13.2. The maximum atomic E-state index is 13.2. The molecular weight excluding hydrogens is 412 g/mol. The number of hydrogen-bond acceptors (Lipinski definition) is 3. The molecule has 1 aliphatic rings. The van der Waals surface area contributed by atoms with Crippen molar-refractivity contribution in [3.8, 4) is 5.75 Å². The lowest BCUT2D eigenvalue weighted by Gasteiger charge is -2.32. The van der Waals surface area contributed by atoms with Gasteiger partial charge in [-0.25, -0.2) is 0 Å². The molecule has 4 aromatic carbocycles. The first-order valence-corrected chi connectivity index (χ1v) is 12.9. The third kappa shape index (κ3) is 3.20. The molecule has 4 aromatic rings. The zero-order valence-electron chi connectivity index (χ0n) is 17.7. The fourth-order valence-corrected chi connectivity index (χ4v) is 8.04. The van der Waals surface area contributed by atoms with E-state index in [-0.39, 0.29) is 11.6 Å². The third-order valence-electron chi connectivity index (χ3n) is 6.17. The van der Waals surface area contributed by atoms with E-state index in [2.05, 4.69) is 31.2 Å². The summed E-state index contributed by atoms with van der Waals surface area (Å²) in [6.45, 7) is 2.15. The van der Waals surface area contributed by atoms with E-state index >= 15 is 0 Å². The van der Waals surface area contributed by atoms with Gasteiger partial charge in [0.25, 0.3) is 0 Å². The molecule has 0 saturated heterocycles. The van der Waals surface area contributed by atoms with Crippen molar-refractivity contribution in [2.45, 2.75) is 13.0 Å². The lowest BCUT2D eigenvalue weighted by molar-refractivity contribution is 0.0979. The second-order valence-electron chi connectivity index (χ2n) is 7.93. The average molecular weight is 435 g/mol. The zero-order valence-corrected chi connectivity index (χ0v) is 18.7.